The predicted octanol–water partition coefficient (Wildman–Crippen LogP) is 4.71. The van der Waals surface area contributed by atoms with E-state index < -0.39 is 24.5 Å². The summed E-state index contributed by atoms with van der Waals surface area (Å²) < 4.78 is 15.9. The van der Waals surface area contributed by atoms with Crippen LogP contribution >= 0.6 is 23.2 Å². The maximum absolute atomic E-state index is 13.0. The molecule has 1 aliphatic rings. The van der Waals surface area contributed by atoms with E-state index >= 15 is 0 Å². The fourth-order valence-corrected chi connectivity index (χ4v) is 3.72. The number of ether oxygens (including phenoxy) is 2. The maximum Gasteiger partial charge on any atom is 0.342 e. The summed E-state index contributed by atoms with van der Waals surface area (Å²) >= 11 is 12.0. The number of benzene rings is 2. The van der Waals surface area contributed by atoms with Crippen LogP contribution in [0.2, 0.25) is 10.0 Å². The molecule has 0 unspecified atom stereocenters. The second-order valence-corrected chi connectivity index (χ2v) is 8.02. The lowest BCUT2D eigenvalue weighted by molar-refractivity contribution is -0.136. The summed E-state index contributed by atoms with van der Waals surface area (Å²) in [6.07, 6.45) is 1.95. The fourth-order valence-electron chi connectivity index (χ4n) is 3.43. The number of carbonyl (C=O) groups excluding carboxylic acids is 2. The molecule has 33 heavy (non-hydrogen) atoms. The van der Waals surface area contributed by atoms with Gasteiger partial charge in [0.15, 0.2) is 6.61 Å². The first kappa shape index (κ1) is 22.7. The number of methoxy groups -OCH3 is 1. The maximum atomic E-state index is 13.0. The molecule has 0 saturated carbocycles. The number of hydrogen-bond acceptors (Lipinski definition) is 7. The van der Waals surface area contributed by atoms with Crippen LogP contribution in [0.4, 0.5) is 5.69 Å². The van der Waals surface area contributed by atoms with Crippen molar-refractivity contribution in [2.45, 2.75) is 12.5 Å². The molecule has 8 nitrogen and oxygen atoms in total. The van der Waals surface area contributed by atoms with Crippen molar-refractivity contribution in [1.29, 1.82) is 0 Å². The zero-order chi connectivity index (χ0) is 23.5. The molecule has 2 aromatic carbocycles. The Bertz CT molecular complexity index is 1210. The van der Waals surface area contributed by atoms with Gasteiger partial charge in [-0.2, -0.15) is 5.10 Å². The van der Waals surface area contributed by atoms with E-state index in [0.29, 0.717) is 22.9 Å². The molecule has 4 rings (SSSR count). The van der Waals surface area contributed by atoms with E-state index in [1.54, 1.807) is 24.3 Å². The highest BCUT2D eigenvalue weighted by Crippen LogP contribution is 2.34. The number of nitrogens with zero attached hydrogens (tertiary/aromatic N) is 2. The molecular weight excluding hydrogens is 469 g/mol. The number of hydrazone groups is 1. The molecule has 2 heterocycles. The van der Waals surface area contributed by atoms with Gasteiger partial charge in [-0.1, -0.05) is 35.3 Å². The van der Waals surface area contributed by atoms with E-state index in [2.05, 4.69) is 5.10 Å². The SMILES string of the molecule is COc1cc(N)c(Cl)cc1C(=O)OCC(=O)N1N=C(c2ccc(Cl)cc2)C[C@@H]1c1ccco1. The number of nitrogens with two attached hydrogens (primary N) is 1. The van der Waals surface area contributed by atoms with Gasteiger partial charge in [0.2, 0.25) is 0 Å². The molecular formula is C23H19Cl2N3O5. The Morgan fingerprint density at radius 1 is 1.21 bits per heavy atom. The first-order valence-corrected chi connectivity index (χ1v) is 10.6. The van der Waals surface area contributed by atoms with Crippen molar-refractivity contribution in [3.63, 3.8) is 0 Å². The summed E-state index contributed by atoms with van der Waals surface area (Å²) in [5.74, 6) is -0.548. The highest BCUT2D eigenvalue weighted by molar-refractivity contribution is 6.33. The molecule has 1 atom stereocenters. The Labute approximate surface area is 199 Å². The van der Waals surface area contributed by atoms with Crippen molar-refractivity contribution >= 4 is 46.5 Å². The van der Waals surface area contributed by atoms with Crippen molar-refractivity contribution < 1.29 is 23.5 Å². The Morgan fingerprint density at radius 3 is 2.64 bits per heavy atom. The number of amides is 1. The van der Waals surface area contributed by atoms with Crippen molar-refractivity contribution in [3.05, 3.63) is 81.7 Å². The van der Waals surface area contributed by atoms with Crippen LogP contribution in [0.3, 0.4) is 0 Å². The minimum atomic E-state index is -0.780. The first-order valence-electron chi connectivity index (χ1n) is 9.86. The number of esters is 1. The Kier molecular flexibility index (Phi) is 6.57. The quantitative estimate of drug-likeness (QED) is 0.398. The molecule has 0 radical (unpaired) electrons. The Hall–Kier alpha value is -3.49. The van der Waals surface area contributed by atoms with Gasteiger partial charge in [-0.05, 0) is 35.9 Å². The van der Waals surface area contributed by atoms with Crippen molar-refractivity contribution in [2.75, 3.05) is 19.5 Å². The number of carbonyl (C=O) groups is 2. The highest BCUT2D eigenvalue weighted by atomic mass is 35.5. The average Bonchev–Trinajstić information content (AvgIpc) is 3.49. The number of hydrogen-bond donors (Lipinski definition) is 1. The van der Waals surface area contributed by atoms with Crippen LogP contribution in [0.5, 0.6) is 5.75 Å². The van der Waals surface area contributed by atoms with Gasteiger partial charge in [0.05, 0.1) is 29.8 Å². The van der Waals surface area contributed by atoms with Crippen LogP contribution < -0.4 is 10.5 Å². The third-order valence-corrected chi connectivity index (χ3v) is 5.66. The van der Waals surface area contributed by atoms with E-state index in [0.717, 1.165) is 5.56 Å². The highest BCUT2D eigenvalue weighted by Gasteiger charge is 2.35. The molecule has 0 spiro atoms. The van der Waals surface area contributed by atoms with E-state index in [1.807, 2.05) is 12.1 Å². The summed E-state index contributed by atoms with van der Waals surface area (Å²) in [6.45, 7) is -0.543. The topological polar surface area (TPSA) is 107 Å². The van der Waals surface area contributed by atoms with E-state index in [4.69, 9.17) is 42.8 Å². The monoisotopic (exact) mass is 487 g/mol. The number of nitrogen functional groups attached to an aromatic ring is 1. The van der Waals surface area contributed by atoms with Crippen molar-refractivity contribution in [1.82, 2.24) is 5.01 Å². The number of rotatable bonds is 6. The summed E-state index contributed by atoms with van der Waals surface area (Å²) in [4.78, 5) is 25.6. The molecule has 3 aromatic rings. The Balaban J connectivity index is 1.53. The molecule has 0 fully saturated rings. The molecule has 0 aliphatic carbocycles. The van der Waals surface area contributed by atoms with Crippen molar-refractivity contribution in [3.8, 4) is 5.75 Å². The molecule has 2 N–H and O–H groups in total. The molecule has 0 saturated heterocycles. The predicted molar refractivity (Wildman–Crippen MR) is 124 cm³/mol. The standard InChI is InChI=1S/C23H19Cl2N3O5/c1-31-21-10-17(26)16(25)9-15(21)23(30)33-12-22(29)28-19(20-3-2-8-32-20)11-18(27-28)13-4-6-14(24)7-5-13/h2-10,19H,11-12,26H2,1H3/t19-/m1/s1. The molecule has 1 aliphatic heterocycles. The Morgan fingerprint density at radius 2 is 1.97 bits per heavy atom. The fraction of sp³-hybridized carbons (Fsp3) is 0.174. The van der Waals surface area contributed by atoms with Gasteiger partial charge in [-0.15, -0.1) is 0 Å². The first-order chi connectivity index (χ1) is 15.9. The van der Waals surface area contributed by atoms with Crippen LogP contribution in [0.1, 0.15) is 34.1 Å². The van der Waals surface area contributed by atoms with Crippen LogP contribution in [0.15, 0.2) is 64.3 Å². The van der Waals surface area contributed by atoms with Gasteiger partial charge in [-0.25, -0.2) is 9.80 Å². The van der Waals surface area contributed by atoms with Gasteiger partial charge in [0.25, 0.3) is 5.91 Å². The second-order valence-electron chi connectivity index (χ2n) is 7.18. The van der Waals surface area contributed by atoms with Crippen LogP contribution in [0.25, 0.3) is 0 Å². The smallest absolute Gasteiger partial charge is 0.342 e. The molecule has 1 aromatic heterocycles. The molecule has 170 valence electrons. The largest absolute Gasteiger partial charge is 0.496 e. The normalized spacial score (nSPS) is 15.3. The zero-order valence-electron chi connectivity index (χ0n) is 17.5. The summed E-state index contributed by atoms with van der Waals surface area (Å²) in [6, 6.07) is 12.9. The summed E-state index contributed by atoms with van der Waals surface area (Å²) in [5.41, 5.74) is 7.56. The van der Waals surface area contributed by atoms with Gasteiger partial charge >= 0.3 is 5.97 Å². The molecule has 1 amide bonds. The summed E-state index contributed by atoms with van der Waals surface area (Å²) in [5, 5.41) is 6.51. The average molecular weight is 488 g/mol. The van der Waals surface area contributed by atoms with Crippen LogP contribution in [0, 0.1) is 0 Å². The van der Waals surface area contributed by atoms with Gasteiger partial charge in [0.1, 0.15) is 23.1 Å². The lowest BCUT2D eigenvalue weighted by Crippen LogP contribution is -2.31. The van der Waals surface area contributed by atoms with Crippen LogP contribution in [-0.2, 0) is 9.53 Å². The minimum Gasteiger partial charge on any atom is -0.496 e. The molecule has 0 bridgehead atoms. The van der Waals surface area contributed by atoms with Gasteiger partial charge in [0, 0.05) is 17.5 Å². The summed E-state index contributed by atoms with van der Waals surface area (Å²) in [7, 11) is 1.38. The number of anilines is 1. The minimum absolute atomic E-state index is 0.0545. The van der Waals surface area contributed by atoms with Crippen LogP contribution in [-0.4, -0.2) is 36.3 Å². The lowest BCUT2D eigenvalue weighted by Gasteiger charge is -2.19. The van der Waals surface area contributed by atoms with Gasteiger partial charge < -0.3 is 19.6 Å². The van der Waals surface area contributed by atoms with Gasteiger partial charge in [-0.3, -0.25) is 4.79 Å². The lowest BCUT2D eigenvalue weighted by atomic mass is 10.0. The van der Waals surface area contributed by atoms with Crippen molar-refractivity contribution in [2.24, 2.45) is 5.10 Å². The van der Waals surface area contributed by atoms with E-state index in [9.17, 15) is 9.59 Å². The number of furan rings is 1. The zero-order valence-corrected chi connectivity index (χ0v) is 19.0. The van der Waals surface area contributed by atoms with E-state index in [-0.39, 0.29) is 22.0 Å². The van der Waals surface area contributed by atoms with E-state index in [1.165, 1.54) is 30.5 Å². The molecule has 10 heteroatoms. The third kappa shape index (κ3) is 4.81. The second kappa shape index (κ2) is 9.56. The third-order valence-electron chi connectivity index (χ3n) is 5.08. The number of halogens is 2.